The van der Waals surface area contributed by atoms with Crippen LogP contribution in [0.2, 0.25) is 0 Å². The van der Waals surface area contributed by atoms with Gasteiger partial charge in [0.25, 0.3) is 0 Å². The van der Waals surface area contributed by atoms with Crippen LogP contribution in [0.15, 0.2) is 34.9 Å². The van der Waals surface area contributed by atoms with Crippen LogP contribution in [0.5, 0.6) is 0 Å². The molecular formula is C15H15F3N2O2. The molecular weight excluding hydrogens is 297 g/mol. The lowest BCUT2D eigenvalue weighted by Gasteiger charge is -2.18. The highest BCUT2D eigenvalue weighted by Crippen LogP contribution is 2.20. The lowest BCUT2D eigenvalue weighted by molar-refractivity contribution is -0.118. The van der Waals surface area contributed by atoms with Gasteiger partial charge < -0.3 is 9.73 Å². The van der Waals surface area contributed by atoms with Gasteiger partial charge in [0.2, 0.25) is 5.91 Å². The van der Waals surface area contributed by atoms with Gasteiger partial charge in [-0.1, -0.05) is 0 Å². The molecule has 0 bridgehead atoms. The third kappa shape index (κ3) is 3.48. The summed E-state index contributed by atoms with van der Waals surface area (Å²) in [5, 5.41) is 5.17. The van der Waals surface area contributed by atoms with E-state index >= 15 is 0 Å². The lowest BCUT2D eigenvalue weighted by Crippen LogP contribution is -2.39. The molecule has 0 aliphatic carbocycles. The highest BCUT2D eigenvalue weighted by molar-refractivity contribution is 5.94. The summed E-state index contributed by atoms with van der Waals surface area (Å²) >= 11 is 0. The first-order valence-corrected chi connectivity index (χ1v) is 6.64. The summed E-state index contributed by atoms with van der Waals surface area (Å²) in [4.78, 5) is 12.0. The smallest absolute Gasteiger partial charge is 0.241 e. The number of rotatable bonds is 5. The van der Waals surface area contributed by atoms with Gasteiger partial charge in [0.15, 0.2) is 17.5 Å². The van der Waals surface area contributed by atoms with Gasteiger partial charge in [0.05, 0.1) is 24.0 Å². The number of carbonyl (C=O) groups excluding carboxylic acids is 1. The van der Waals surface area contributed by atoms with Crippen LogP contribution in [-0.4, -0.2) is 11.9 Å². The van der Waals surface area contributed by atoms with Crippen molar-refractivity contribution in [3.05, 3.63) is 53.7 Å². The van der Waals surface area contributed by atoms with Crippen molar-refractivity contribution in [1.29, 1.82) is 0 Å². The second kappa shape index (κ2) is 6.65. The normalized spacial score (nSPS) is 13.7. The van der Waals surface area contributed by atoms with Crippen molar-refractivity contribution < 1.29 is 22.4 Å². The number of amides is 1. The van der Waals surface area contributed by atoms with E-state index in [-0.39, 0.29) is 6.04 Å². The second-order valence-electron chi connectivity index (χ2n) is 4.84. The Bertz CT molecular complexity index is 659. The summed E-state index contributed by atoms with van der Waals surface area (Å²) in [6.07, 6.45) is 1.51. The third-order valence-corrected chi connectivity index (χ3v) is 3.16. The molecule has 0 aliphatic heterocycles. The maximum Gasteiger partial charge on any atom is 0.241 e. The van der Waals surface area contributed by atoms with Crippen molar-refractivity contribution in [1.82, 2.24) is 5.32 Å². The average Bonchev–Trinajstić information content (AvgIpc) is 3.02. The summed E-state index contributed by atoms with van der Waals surface area (Å²) in [6.45, 7) is 3.35. The minimum atomic E-state index is -1.62. The van der Waals surface area contributed by atoms with E-state index in [2.05, 4.69) is 10.6 Å². The van der Waals surface area contributed by atoms with Crippen molar-refractivity contribution in [2.45, 2.75) is 25.9 Å². The lowest BCUT2D eigenvalue weighted by atomic mass is 10.2. The maximum absolute atomic E-state index is 13.5. The largest absolute Gasteiger partial charge is 0.468 e. The molecule has 0 radical (unpaired) electrons. The third-order valence-electron chi connectivity index (χ3n) is 3.16. The Morgan fingerprint density at radius 2 is 1.86 bits per heavy atom. The van der Waals surface area contributed by atoms with Crippen LogP contribution in [0.25, 0.3) is 0 Å². The summed E-state index contributed by atoms with van der Waals surface area (Å²) < 4.78 is 44.6. The molecule has 0 saturated heterocycles. The van der Waals surface area contributed by atoms with E-state index in [4.69, 9.17) is 4.42 Å². The number of furan rings is 1. The predicted octanol–water partition coefficient (Wildman–Crippen LogP) is 3.37. The minimum Gasteiger partial charge on any atom is -0.468 e. The second-order valence-corrected chi connectivity index (χ2v) is 4.84. The first-order valence-electron chi connectivity index (χ1n) is 6.64. The van der Waals surface area contributed by atoms with Crippen molar-refractivity contribution >= 4 is 11.6 Å². The first kappa shape index (κ1) is 16.1. The van der Waals surface area contributed by atoms with Gasteiger partial charge in [-0.2, -0.15) is 0 Å². The molecule has 0 aliphatic rings. The molecule has 1 aromatic heterocycles. The van der Waals surface area contributed by atoms with Gasteiger partial charge in [-0.05, 0) is 38.1 Å². The van der Waals surface area contributed by atoms with Gasteiger partial charge in [0, 0.05) is 0 Å². The number of halogens is 3. The van der Waals surface area contributed by atoms with Crippen LogP contribution in [0, 0.1) is 17.5 Å². The van der Waals surface area contributed by atoms with E-state index in [0.717, 1.165) is 12.1 Å². The van der Waals surface area contributed by atoms with Crippen LogP contribution in [-0.2, 0) is 4.79 Å². The Balaban J connectivity index is 2.01. The molecule has 0 saturated carbocycles. The zero-order valence-electron chi connectivity index (χ0n) is 12.0. The van der Waals surface area contributed by atoms with Gasteiger partial charge in [-0.25, -0.2) is 13.2 Å². The van der Waals surface area contributed by atoms with Gasteiger partial charge in [0.1, 0.15) is 5.76 Å². The average molecular weight is 312 g/mol. The summed E-state index contributed by atoms with van der Waals surface area (Å²) in [7, 11) is 0. The molecule has 7 heteroatoms. The van der Waals surface area contributed by atoms with Gasteiger partial charge in [-0.3, -0.25) is 10.1 Å². The molecule has 2 atom stereocenters. The maximum atomic E-state index is 13.5. The molecule has 118 valence electrons. The number of hydrogen-bond acceptors (Lipinski definition) is 3. The molecule has 2 N–H and O–H groups in total. The van der Waals surface area contributed by atoms with Crippen molar-refractivity contribution in [2.75, 3.05) is 5.32 Å². The molecule has 22 heavy (non-hydrogen) atoms. The van der Waals surface area contributed by atoms with Crippen molar-refractivity contribution in [3.63, 3.8) is 0 Å². The Hall–Kier alpha value is -2.28. The Labute approximate surface area is 125 Å². The molecule has 0 fully saturated rings. The number of benzene rings is 1. The van der Waals surface area contributed by atoms with Crippen LogP contribution in [0.4, 0.5) is 18.9 Å². The van der Waals surface area contributed by atoms with E-state index in [1.165, 1.54) is 6.26 Å². The molecule has 1 aromatic carbocycles. The number of anilines is 1. The monoisotopic (exact) mass is 312 g/mol. The van der Waals surface area contributed by atoms with Crippen LogP contribution in [0.1, 0.15) is 25.6 Å². The van der Waals surface area contributed by atoms with Crippen LogP contribution >= 0.6 is 0 Å². The molecule has 1 amide bonds. The summed E-state index contributed by atoms with van der Waals surface area (Å²) in [6, 6.07) is 4.23. The topological polar surface area (TPSA) is 54.3 Å². The Morgan fingerprint density at radius 3 is 2.50 bits per heavy atom. The van der Waals surface area contributed by atoms with E-state index in [1.807, 2.05) is 0 Å². The fraction of sp³-hybridized carbons (Fsp3) is 0.267. The van der Waals surface area contributed by atoms with Gasteiger partial charge >= 0.3 is 0 Å². The fourth-order valence-electron chi connectivity index (χ4n) is 1.93. The number of nitrogens with one attached hydrogen (secondary N) is 2. The molecule has 1 heterocycles. The highest BCUT2D eigenvalue weighted by Gasteiger charge is 2.20. The molecule has 2 aromatic rings. The number of hydrogen-bond donors (Lipinski definition) is 2. The summed E-state index contributed by atoms with van der Waals surface area (Å²) in [5.41, 5.74) is -0.414. The van der Waals surface area contributed by atoms with Crippen molar-refractivity contribution in [3.8, 4) is 0 Å². The van der Waals surface area contributed by atoms with Crippen molar-refractivity contribution in [2.24, 2.45) is 0 Å². The van der Waals surface area contributed by atoms with E-state index < -0.39 is 35.1 Å². The highest BCUT2D eigenvalue weighted by atomic mass is 19.2. The standard InChI is InChI=1S/C15H15F3N2O2/c1-8(12-4-3-7-22-12)19-9(2)15(21)20-11-6-5-10(16)13(17)14(11)18/h3-9,19H,1-2H3,(H,20,21)/t8-,9+/m0/s1. The van der Waals surface area contributed by atoms with Crippen LogP contribution < -0.4 is 10.6 Å². The minimum absolute atomic E-state index is 0.245. The fourth-order valence-corrected chi connectivity index (χ4v) is 1.93. The SMILES string of the molecule is C[C@H](N[C@H](C)C(=O)Nc1ccc(F)c(F)c1F)c1ccco1. The van der Waals surface area contributed by atoms with E-state index in [1.54, 1.807) is 26.0 Å². The predicted molar refractivity (Wildman–Crippen MR) is 74.7 cm³/mol. The zero-order valence-corrected chi connectivity index (χ0v) is 12.0. The quantitative estimate of drug-likeness (QED) is 0.832. The first-order chi connectivity index (χ1) is 10.4. The summed E-state index contributed by atoms with van der Waals surface area (Å²) in [5.74, 6) is -4.31. The molecule has 0 spiro atoms. The van der Waals surface area contributed by atoms with E-state index in [9.17, 15) is 18.0 Å². The Kier molecular flexibility index (Phi) is 4.87. The van der Waals surface area contributed by atoms with Gasteiger partial charge in [-0.15, -0.1) is 0 Å². The zero-order chi connectivity index (χ0) is 16.3. The van der Waals surface area contributed by atoms with Crippen LogP contribution in [0.3, 0.4) is 0 Å². The number of carbonyl (C=O) groups is 1. The molecule has 0 unspecified atom stereocenters. The molecule has 2 rings (SSSR count). The van der Waals surface area contributed by atoms with E-state index in [0.29, 0.717) is 5.76 Å². The Morgan fingerprint density at radius 1 is 1.14 bits per heavy atom. The molecule has 4 nitrogen and oxygen atoms in total.